The monoisotopic (exact) mass is 512 g/mol. The van der Waals surface area contributed by atoms with Crippen LogP contribution >= 0.6 is 0 Å². The van der Waals surface area contributed by atoms with Crippen LogP contribution in [-0.2, 0) is 9.59 Å². The van der Waals surface area contributed by atoms with E-state index in [-0.39, 0.29) is 17.4 Å². The van der Waals surface area contributed by atoms with Gasteiger partial charge in [-0.2, -0.15) is 0 Å². The molecule has 0 saturated carbocycles. The zero-order valence-electron chi connectivity index (χ0n) is 22.5. The highest BCUT2D eigenvalue weighted by Gasteiger charge is 2.46. The summed E-state index contributed by atoms with van der Waals surface area (Å²) in [6, 6.07) is 9.32. The molecule has 1 amide bonds. The third-order valence-electron chi connectivity index (χ3n) is 6.05. The Balaban J connectivity index is 2.17. The Bertz CT molecular complexity index is 1130. The van der Waals surface area contributed by atoms with E-state index in [0.29, 0.717) is 47.1 Å². The number of carbonyl (C=O) groups is 2. The minimum Gasteiger partial charge on any atom is -0.507 e. The fraction of sp³-hybridized carbons (Fsp3) is 0.429. The van der Waals surface area contributed by atoms with Crippen molar-refractivity contribution >= 4 is 17.4 Å². The molecule has 2 aromatic rings. The molecular weight excluding hydrogens is 476 g/mol. The largest absolute Gasteiger partial charge is 0.507 e. The topological polar surface area (TPSA) is 97.8 Å². The standard InChI is InChI=1S/C28H36N2O7/c1-17(2)37-20-11-9-18(10-12-20)25(31)23-24(30(28(33)26(23)32)14-8-13-29(3)4)19-15-21(34-5)27(36-7)22(16-19)35-6/h9-12,15-17,24,31H,8,13-14H2,1-7H3/b25-23+. The van der Waals surface area contributed by atoms with E-state index in [1.165, 1.54) is 26.2 Å². The fourth-order valence-corrected chi connectivity index (χ4v) is 4.39. The molecule has 9 heteroatoms. The Hall–Kier alpha value is -3.72. The number of amides is 1. The number of benzene rings is 2. The van der Waals surface area contributed by atoms with Gasteiger partial charge in [0.25, 0.3) is 11.7 Å². The van der Waals surface area contributed by atoms with Crippen LogP contribution in [0.5, 0.6) is 23.0 Å². The van der Waals surface area contributed by atoms with Gasteiger partial charge in [0.2, 0.25) is 5.75 Å². The first kappa shape index (κ1) is 27.9. The van der Waals surface area contributed by atoms with E-state index in [1.807, 2.05) is 32.8 Å². The van der Waals surface area contributed by atoms with Gasteiger partial charge in [-0.3, -0.25) is 9.59 Å². The van der Waals surface area contributed by atoms with Gasteiger partial charge in [-0.1, -0.05) is 0 Å². The average molecular weight is 513 g/mol. The van der Waals surface area contributed by atoms with E-state index < -0.39 is 17.7 Å². The molecule has 1 aliphatic heterocycles. The predicted molar refractivity (Wildman–Crippen MR) is 140 cm³/mol. The fourth-order valence-electron chi connectivity index (χ4n) is 4.39. The van der Waals surface area contributed by atoms with Gasteiger partial charge in [-0.25, -0.2) is 0 Å². The molecule has 1 aliphatic rings. The number of rotatable bonds is 11. The van der Waals surface area contributed by atoms with Crippen LogP contribution in [0.3, 0.4) is 0 Å². The molecule has 2 aromatic carbocycles. The summed E-state index contributed by atoms with van der Waals surface area (Å²) in [5.41, 5.74) is 0.960. The highest BCUT2D eigenvalue weighted by Crippen LogP contribution is 2.45. The quantitative estimate of drug-likeness (QED) is 0.275. The van der Waals surface area contributed by atoms with Crippen molar-refractivity contribution in [3.63, 3.8) is 0 Å². The number of nitrogens with zero attached hydrogens (tertiary/aromatic N) is 2. The molecule has 1 N–H and O–H groups in total. The number of likely N-dealkylation sites (tertiary alicyclic amines) is 1. The second-order valence-electron chi connectivity index (χ2n) is 9.30. The van der Waals surface area contributed by atoms with Crippen LogP contribution in [0, 0.1) is 0 Å². The van der Waals surface area contributed by atoms with Gasteiger partial charge in [-0.15, -0.1) is 0 Å². The number of ether oxygens (including phenoxy) is 4. The normalized spacial score (nSPS) is 17.0. The number of hydrogen-bond acceptors (Lipinski definition) is 8. The molecule has 0 spiro atoms. The van der Waals surface area contributed by atoms with E-state index in [2.05, 4.69) is 0 Å². The predicted octanol–water partition coefficient (Wildman–Crippen LogP) is 3.87. The van der Waals surface area contributed by atoms with Crippen molar-refractivity contribution in [1.82, 2.24) is 9.80 Å². The van der Waals surface area contributed by atoms with Crippen LogP contribution in [-0.4, -0.2) is 81.2 Å². The molecule has 1 atom stereocenters. The summed E-state index contributed by atoms with van der Waals surface area (Å²) >= 11 is 0. The van der Waals surface area contributed by atoms with Crippen molar-refractivity contribution in [1.29, 1.82) is 0 Å². The van der Waals surface area contributed by atoms with Gasteiger partial charge in [0, 0.05) is 12.1 Å². The summed E-state index contributed by atoms with van der Waals surface area (Å²) < 4.78 is 22.2. The molecule has 1 heterocycles. The van der Waals surface area contributed by atoms with Crippen LogP contribution in [0.25, 0.3) is 5.76 Å². The average Bonchev–Trinajstić information content (AvgIpc) is 3.12. The van der Waals surface area contributed by atoms with Gasteiger partial charge in [0.05, 0.1) is 39.0 Å². The summed E-state index contributed by atoms with van der Waals surface area (Å²) in [4.78, 5) is 30.1. The molecule has 0 aromatic heterocycles. The summed E-state index contributed by atoms with van der Waals surface area (Å²) in [5.74, 6) is 0.110. The zero-order valence-corrected chi connectivity index (χ0v) is 22.5. The number of aliphatic hydroxyl groups excluding tert-OH is 1. The Labute approximate surface area is 218 Å². The first-order valence-electron chi connectivity index (χ1n) is 12.1. The molecule has 3 rings (SSSR count). The van der Waals surface area contributed by atoms with Crippen LogP contribution in [0.2, 0.25) is 0 Å². The van der Waals surface area contributed by atoms with E-state index in [1.54, 1.807) is 36.4 Å². The lowest BCUT2D eigenvalue weighted by Crippen LogP contribution is -2.32. The molecule has 37 heavy (non-hydrogen) atoms. The summed E-state index contributed by atoms with van der Waals surface area (Å²) in [5, 5.41) is 11.3. The van der Waals surface area contributed by atoms with Crippen molar-refractivity contribution < 1.29 is 33.6 Å². The van der Waals surface area contributed by atoms with Gasteiger partial charge in [0.1, 0.15) is 11.5 Å². The Kier molecular flexibility index (Phi) is 9.04. The molecule has 200 valence electrons. The number of aliphatic hydroxyl groups is 1. The highest BCUT2D eigenvalue weighted by atomic mass is 16.5. The lowest BCUT2D eigenvalue weighted by molar-refractivity contribution is -0.139. The molecule has 1 saturated heterocycles. The molecule has 0 aliphatic carbocycles. The molecule has 1 fully saturated rings. The first-order chi connectivity index (χ1) is 17.6. The maximum absolute atomic E-state index is 13.3. The Morgan fingerprint density at radius 1 is 1.00 bits per heavy atom. The van der Waals surface area contributed by atoms with Crippen molar-refractivity contribution in [2.45, 2.75) is 32.4 Å². The minimum absolute atomic E-state index is 0.00153. The van der Waals surface area contributed by atoms with E-state index in [0.717, 1.165) is 6.54 Å². The van der Waals surface area contributed by atoms with Crippen LogP contribution in [0.4, 0.5) is 0 Å². The van der Waals surface area contributed by atoms with Gasteiger partial charge < -0.3 is 33.9 Å². The van der Waals surface area contributed by atoms with Crippen molar-refractivity contribution in [2.24, 2.45) is 0 Å². The summed E-state index contributed by atoms with van der Waals surface area (Å²) in [6.07, 6.45) is 0.634. The maximum Gasteiger partial charge on any atom is 0.295 e. The second-order valence-corrected chi connectivity index (χ2v) is 9.30. The zero-order chi connectivity index (χ0) is 27.3. The second kappa shape index (κ2) is 12.0. The Morgan fingerprint density at radius 2 is 1.59 bits per heavy atom. The van der Waals surface area contributed by atoms with Crippen LogP contribution in [0.15, 0.2) is 42.0 Å². The molecule has 9 nitrogen and oxygen atoms in total. The van der Waals surface area contributed by atoms with E-state index in [9.17, 15) is 14.7 Å². The first-order valence-corrected chi connectivity index (χ1v) is 12.1. The molecular formula is C28H36N2O7. The highest BCUT2D eigenvalue weighted by molar-refractivity contribution is 6.46. The number of hydrogen-bond donors (Lipinski definition) is 1. The van der Waals surface area contributed by atoms with Crippen molar-refractivity contribution in [2.75, 3.05) is 48.5 Å². The van der Waals surface area contributed by atoms with E-state index >= 15 is 0 Å². The van der Waals surface area contributed by atoms with Gasteiger partial charge in [0.15, 0.2) is 11.5 Å². The number of methoxy groups -OCH3 is 3. The number of carbonyl (C=O) groups excluding carboxylic acids is 2. The minimum atomic E-state index is -0.845. The van der Waals surface area contributed by atoms with Crippen LogP contribution in [0.1, 0.15) is 37.4 Å². The summed E-state index contributed by atoms with van der Waals surface area (Å²) in [7, 11) is 8.38. The lowest BCUT2D eigenvalue weighted by atomic mass is 9.94. The lowest BCUT2D eigenvalue weighted by Gasteiger charge is -2.27. The van der Waals surface area contributed by atoms with Crippen LogP contribution < -0.4 is 18.9 Å². The molecule has 1 unspecified atom stereocenters. The van der Waals surface area contributed by atoms with Gasteiger partial charge >= 0.3 is 0 Å². The molecule has 0 bridgehead atoms. The number of Topliss-reactive ketones (excluding diaryl/α,β-unsaturated/α-hetero) is 1. The third-order valence-corrected chi connectivity index (χ3v) is 6.05. The van der Waals surface area contributed by atoms with Crippen molar-refractivity contribution in [3.8, 4) is 23.0 Å². The molecule has 0 radical (unpaired) electrons. The van der Waals surface area contributed by atoms with Gasteiger partial charge in [-0.05, 0) is 82.9 Å². The third kappa shape index (κ3) is 5.99. The SMILES string of the molecule is COc1cc(C2/C(=C(\O)c3ccc(OC(C)C)cc3)C(=O)C(=O)N2CCCN(C)C)cc(OC)c1OC. The van der Waals surface area contributed by atoms with E-state index in [4.69, 9.17) is 18.9 Å². The maximum atomic E-state index is 13.3. The Morgan fingerprint density at radius 3 is 2.08 bits per heavy atom. The van der Waals surface area contributed by atoms with Crippen molar-refractivity contribution in [3.05, 3.63) is 53.1 Å². The smallest absolute Gasteiger partial charge is 0.295 e. The number of ketones is 1. The summed E-state index contributed by atoms with van der Waals surface area (Å²) in [6.45, 7) is 4.89.